The van der Waals surface area contributed by atoms with Gasteiger partial charge in [0.2, 0.25) is 0 Å². The molecule has 0 aliphatic heterocycles. The molecular weight excluding hydrogens is 250 g/mol. The average Bonchev–Trinajstić information content (AvgIpc) is 2.33. The molecule has 19 heavy (non-hydrogen) atoms. The summed E-state index contributed by atoms with van der Waals surface area (Å²) in [4.78, 5) is 1.37. The first-order valence-electron chi connectivity index (χ1n) is 7.31. The van der Waals surface area contributed by atoms with Gasteiger partial charge in [0.05, 0.1) is 0 Å². The molecule has 1 N–H and O–H groups in total. The predicted molar refractivity (Wildman–Crippen MR) is 88.2 cm³/mol. The SMILES string of the molecule is CCNC(CSc1ccc(C(C)(C)C)cc1)C(C)C. The van der Waals surface area contributed by atoms with Gasteiger partial charge in [-0.25, -0.2) is 0 Å². The van der Waals surface area contributed by atoms with Gasteiger partial charge in [-0.15, -0.1) is 11.8 Å². The predicted octanol–water partition coefficient (Wildman–Crippen LogP) is 4.71. The second-order valence-electron chi connectivity index (χ2n) is 6.49. The van der Waals surface area contributed by atoms with E-state index in [4.69, 9.17) is 0 Å². The molecule has 1 aromatic carbocycles. The number of hydrogen-bond acceptors (Lipinski definition) is 2. The Bertz CT molecular complexity index is 362. The summed E-state index contributed by atoms with van der Waals surface area (Å²) in [6.45, 7) is 14.6. The molecule has 1 aromatic rings. The fourth-order valence-corrected chi connectivity index (χ4v) is 3.19. The zero-order valence-electron chi connectivity index (χ0n) is 13.3. The Labute approximate surface area is 123 Å². The summed E-state index contributed by atoms with van der Waals surface area (Å²) in [7, 11) is 0. The molecule has 0 fully saturated rings. The molecule has 0 radical (unpaired) electrons. The molecule has 1 rings (SSSR count). The molecular formula is C17H29NS. The number of thioether (sulfide) groups is 1. The van der Waals surface area contributed by atoms with Crippen LogP contribution in [0.4, 0.5) is 0 Å². The summed E-state index contributed by atoms with van der Waals surface area (Å²) in [5, 5.41) is 3.57. The number of rotatable bonds is 6. The first kappa shape index (κ1) is 16.6. The van der Waals surface area contributed by atoms with Crippen LogP contribution in [-0.2, 0) is 5.41 Å². The average molecular weight is 279 g/mol. The Morgan fingerprint density at radius 2 is 1.68 bits per heavy atom. The minimum Gasteiger partial charge on any atom is -0.313 e. The van der Waals surface area contributed by atoms with Crippen LogP contribution in [-0.4, -0.2) is 18.3 Å². The number of benzene rings is 1. The van der Waals surface area contributed by atoms with E-state index in [0.29, 0.717) is 12.0 Å². The van der Waals surface area contributed by atoms with Gasteiger partial charge in [-0.3, -0.25) is 0 Å². The van der Waals surface area contributed by atoms with E-state index in [1.807, 2.05) is 11.8 Å². The summed E-state index contributed by atoms with van der Waals surface area (Å²) in [6.07, 6.45) is 0. The van der Waals surface area contributed by atoms with Crippen molar-refractivity contribution in [2.24, 2.45) is 5.92 Å². The maximum absolute atomic E-state index is 3.57. The first-order valence-corrected chi connectivity index (χ1v) is 8.30. The maximum Gasteiger partial charge on any atom is 0.0184 e. The van der Waals surface area contributed by atoms with Crippen LogP contribution in [0.1, 0.15) is 47.1 Å². The fraction of sp³-hybridized carbons (Fsp3) is 0.647. The van der Waals surface area contributed by atoms with Crippen molar-refractivity contribution >= 4 is 11.8 Å². The Morgan fingerprint density at radius 1 is 1.11 bits per heavy atom. The van der Waals surface area contributed by atoms with Crippen LogP contribution < -0.4 is 5.32 Å². The van der Waals surface area contributed by atoms with Crippen LogP contribution >= 0.6 is 11.8 Å². The minimum atomic E-state index is 0.243. The third-order valence-corrected chi connectivity index (χ3v) is 4.55. The van der Waals surface area contributed by atoms with Gasteiger partial charge in [-0.05, 0) is 35.6 Å². The standard InChI is InChI=1S/C17H29NS/c1-7-18-16(13(2)3)12-19-15-10-8-14(9-11-15)17(4,5)6/h8-11,13,16,18H,7,12H2,1-6H3. The molecule has 0 saturated heterocycles. The zero-order valence-corrected chi connectivity index (χ0v) is 14.1. The molecule has 108 valence electrons. The fourth-order valence-electron chi connectivity index (χ4n) is 1.99. The van der Waals surface area contributed by atoms with Crippen molar-refractivity contribution in [2.75, 3.05) is 12.3 Å². The van der Waals surface area contributed by atoms with Gasteiger partial charge in [-0.1, -0.05) is 53.7 Å². The summed E-state index contributed by atoms with van der Waals surface area (Å²) in [5.74, 6) is 1.82. The highest BCUT2D eigenvalue weighted by Gasteiger charge is 2.14. The van der Waals surface area contributed by atoms with E-state index in [-0.39, 0.29) is 5.41 Å². The smallest absolute Gasteiger partial charge is 0.0184 e. The van der Waals surface area contributed by atoms with Crippen molar-refractivity contribution in [1.29, 1.82) is 0 Å². The van der Waals surface area contributed by atoms with Crippen molar-refractivity contribution in [3.63, 3.8) is 0 Å². The lowest BCUT2D eigenvalue weighted by Gasteiger charge is -2.22. The number of hydrogen-bond donors (Lipinski definition) is 1. The summed E-state index contributed by atoms with van der Waals surface area (Å²) >= 11 is 1.95. The Morgan fingerprint density at radius 3 is 2.11 bits per heavy atom. The molecule has 0 heterocycles. The molecule has 2 heteroatoms. The molecule has 0 aliphatic carbocycles. The van der Waals surface area contributed by atoms with Gasteiger partial charge in [-0.2, -0.15) is 0 Å². The molecule has 0 aromatic heterocycles. The van der Waals surface area contributed by atoms with Gasteiger partial charge in [0.1, 0.15) is 0 Å². The maximum atomic E-state index is 3.57. The third-order valence-electron chi connectivity index (χ3n) is 3.42. The molecule has 0 saturated carbocycles. The monoisotopic (exact) mass is 279 g/mol. The zero-order chi connectivity index (χ0) is 14.5. The van der Waals surface area contributed by atoms with Crippen LogP contribution in [0.3, 0.4) is 0 Å². The van der Waals surface area contributed by atoms with E-state index in [0.717, 1.165) is 12.3 Å². The van der Waals surface area contributed by atoms with Gasteiger partial charge in [0.25, 0.3) is 0 Å². The van der Waals surface area contributed by atoms with Gasteiger partial charge in [0.15, 0.2) is 0 Å². The molecule has 1 atom stereocenters. The van der Waals surface area contributed by atoms with Crippen molar-refractivity contribution in [1.82, 2.24) is 5.32 Å². The van der Waals surface area contributed by atoms with Crippen LogP contribution in [0, 0.1) is 5.92 Å². The van der Waals surface area contributed by atoms with Gasteiger partial charge >= 0.3 is 0 Å². The number of nitrogens with one attached hydrogen (secondary N) is 1. The Hall–Kier alpha value is -0.470. The highest BCUT2D eigenvalue weighted by atomic mass is 32.2. The second-order valence-corrected chi connectivity index (χ2v) is 7.59. The van der Waals surface area contributed by atoms with Gasteiger partial charge in [0, 0.05) is 16.7 Å². The van der Waals surface area contributed by atoms with Gasteiger partial charge < -0.3 is 5.32 Å². The summed E-state index contributed by atoms with van der Waals surface area (Å²) in [6, 6.07) is 9.64. The minimum absolute atomic E-state index is 0.243. The van der Waals surface area contributed by atoms with Crippen molar-refractivity contribution in [3.8, 4) is 0 Å². The van der Waals surface area contributed by atoms with Crippen LogP contribution in [0.5, 0.6) is 0 Å². The first-order chi connectivity index (χ1) is 8.84. The Kier molecular flexibility index (Phi) is 6.41. The lowest BCUT2D eigenvalue weighted by Crippen LogP contribution is -2.35. The molecule has 0 spiro atoms. The van der Waals surface area contributed by atoms with Crippen LogP contribution in [0.15, 0.2) is 29.2 Å². The lowest BCUT2D eigenvalue weighted by molar-refractivity contribution is 0.443. The Balaban J connectivity index is 2.58. The normalized spacial score (nSPS) is 13.8. The molecule has 0 aliphatic rings. The summed E-state index contributed by atoms with van der Waals surface area (Å²) in [5.41, 5.74) is 1.65. The van der Waals surface area contributed by atoms with Crippen molar-refractivity contribution < 1.29 is 0 Å². The van der Waals surface area contributed by atoms with Crippen molar-refractivity contribution in [2.45, 2.75) is 57.9 Å². The van der Waals surface area contributed by atoms with Crippen LogP contribution in [0.2, 0.25) is 0 Å². The highest BCUT2D eigenvalue weighted by molar-refractivity contribution is 7.99. The van der Waals surface area contributed by atoms with E-state index in [1.165, 1.54) is 10.5 Å². The van der Waals surface area contributed by atoms with Crippen LogP contribution in [0.25, 0.3) is 0 Å². The highest BCUT2D eigenvalue weighted by Crippen LogP contribution is 2.26. The van der Waals surface area contributed by atoms with E-state index < -0.39 is 0 Å². The third kappa shape index (κ3) is 5.58. The molecule has 1 unspecified atom stereocenters. The largest absolute Gasteiger partial charge is 0.313 e. The van der Waals surface area contributed by atoms with E-state index in [1.54, 1.807) is 0 Å². The lowest BCUT2D eigenvalue weighted by atomic mass is 9.87. The molecule has 0 amide bonds. The van der Waals surface area contributed by atoms with E-state index in [9.17, 15) is 0 Å². The summed E-state index contributed by atoms with van der Waals surface area (Å²) < 4.78 is 0. The van der Waals surface area contributed by atoms with E-state index in [2.05, 4.69) is 71.1 Å². The topological polar surface area (TPSA) is 12.0 Å². The molecule has 1 nitrogen and oxygen atoms in total. The van der Waals surface area contributed by atoms with Crippen molar-refractivity contribution in [3.05, 3.63) is 29.8 Å². The second kappa shape index (κ2) is 7.35. The molecule has 0 bridgehead atoms. The quantitative estimate of drug-likeness (QED) is 0.757. The van der Waals surface area contributed by atoms with E-state index >= 15 is 0 Å².